The summed E-state index contributed by atoms with van der Waals surface area (Å²) in [5.74, 6) is 0. The van der Waals surface area contributed by atoms with Gasteiger partial charge in [0.05, 0.1) is 5.69 Å². The summed E-state index contributed by atoms with van der Waals surface area (Å²) in [5, 5.41) is 0. The van der Waals surface area contributed by atoms with Crippen molar-refractivity contribution >= 4 is 0 Å². The van der Waals surface area contributed by atoms with Crippen LogP contribution in [0.25, 0.3) is 0 Å². The molecule has 1 aliphatic carbocycles. The molecular weight excluding hydrogens is 148 g/mol. The molecule has 1 heterocycles. The van der Waals surface area contributed by atoms with Crippen molar-refractivity contribution in [3.05, 3.63) is 29.1 Å². The van der Waals surface area contributed by atoms with Crippen LogP contribution in [0.1, 0.15) is 35.8 Å². The van der Waals surface area contributed by atoms with Gasteiger partial charge in [0.1, 0.15) is 0 Å². The molecular formula is C10H14N2. The van der Waals surface area contributed by atoms with Crippen molar-refractivity contribution in [3.63, 3.8) is 0 Å². The molecule has 0 amide bonds. The van der Waals surface area contributed by atoms with Crippen LogP contribution < -0.4 is 5.73 Å². The molecule has 0 radical (unpaired) electrons. The van der Waals surface area contributed by atoms with Crippen LogP contribution in [-0.4, -0.2) is 4.98 Å². The zero-order valence-corrected chi connectivity index (χ0v) is 7.38. The highest BCUT2D eigenvalue weighted by molar-refractivity contribution is 5.27. The molecule has 0 fully saturated rings. The number of hydrogen-bond donors (Lipinski definition) is 1. The lowest BCUT2D eigenvalue weighted by Crippen LogP contribution is -2.19. The maximum atomic E-state index is 5.95. The largest absolute Gasteiger partial charge is 0.323 e. The molecule has 2 nitrogen and oxygen atoms in total. The molecule has 0 aliphatic heterocycles. The molecule has 0 unspecified atom stereocenters. The lowest BCUT2D eigenvalue weighted by molar-refractivity contribution is 0.552. The SMILES string of the molecule is Cc1ccc2c(n1)[C@@H](N)CCC2. The second-order valence-electron chi connectivity index (χ2n) is 3.50. The highest BCUT2D eigenvalue weighted by Crippen LogP contribution is 2.25. The number of aromatic nitrogens is 1. The van der Waals surface area contributed by atoms with Crippen molar-refractivity contribution in [2.45, 2.75) is 32.2 Å². The number of hydrogen-bond acceptors (Lipinski definition) is 2. The van der Waals surface area contributed by atoms with E-state index in [1.165, 1.54) is 12.0 Å². The molecule has 2 rings (SSSR count). The van der Waals surface area contributed by atoms with Gasteiger partial charge in [-0.15, -0.1) is 0 Å². The first-order valence-corrected chi connectivity index (χ1v) is 4.49. The van der Waals surface area contributed by atoms with Crippen molar-refractivity contribution < 1.29 is 0 Å². The Morgan fingerprint density at radius 1 is 1.50 bits per heavy atom. The minimum atomic E-state index is 0.175. The average Bonchev–Trinajstić information content (AvgIpc) is 2.07. The third-order valence-electron chi connectivity index (χ3n) is 2.46. The Morgan fingerprint density at radius 3 is 3.17 bits per heavy atom. The fraction of sp³-hybridized carbons (Fsp3) is 0.500. The first-order chi connectivity index (χ1) is 5.77. The fourth-order valence-corrected chi connectivity index (χ4v) is 1.79. The van der Waals surface area contributed by atoms with E-state index in [2.05, 4.69) is 17.1 Å². The predicted molar refractivity (Wildman–Crippen MR) is 48.8 cm³/mol. The second-order valence-corrected chi connectivity index (χ2v) is 3.50. The summed E-state index contributed by atoms with van der Waals surface area (Å²) in [6, 6.07) is 4.40. The van der Waals surface area contributed by atoms with Crippen LogP contribution in [0.5, 0.6) is 0 Å². The normalized spacial score (nSPS) is 22.0. The van der Waals surface area contributed by atoms with E-state index < -0.39 is 0 Å². The van der Waals surface area contributed by atoms with Crippen LogP contribution in [0.15, 0.2) is 12.1 Å². The van der Waals surface area contributed by atoms with Crippen LogP contribution in [-0.2, 0) is 6.42 Å². The van der Waals surface area contributed by atoms with Gasteiger partial charge < -0.3 is 5.73 Å². The van der Waals surface area contributed by atoms with Gasteiger partial charge in [-0.1, -0.05) is 6.07 Å². The summed E-state index contributed by atoms with van der Waals surface area (Å²) >= 11 is 0. The number of aryl methyl sites for hydroxylation is 2. The number of rotatable bonds is 0. The molecule has 1 aromatic heterocycles. The quantitative estimate of drug-likeness (QED) is 0.631. The highest BCUT2D eigenvalue weighted by Gasteiger charge is 2.17. The molecule has 64 valence electrons. The van der Waals surface area contributed by atoms with Crippen LogP contribution >= 0.6 is 0 Å². The smallest absolute Gasteiger partial charge is 0.0606 e. The molecule has 0 bridgehead atoms. The van der Waals surface area contributed by atoms with Crippen LogP contribution in [0.4, 0.5) is 0 Å². The van der Waals surface area contributed by atoms with Crippen LogP contribution in [0.2, 0.25) is 0 Å². The van der Waals surface area contributed by atoms with Gasteiger partial charge in [-0.3, -0.25) is 4.98 Å². The van der Waals surface area contributed by atoms with Crippen molar-refractivity contribution in [3.8, 4) is 0 Å². The maximum absolute atomic E-state index is 5.95. The Morgan fingerprint density at radius 2 is 2.33 bits per heavy atom. The topological polar surface area (TPSA) is 38.9 Å². The lowest BCUT2D eigenvalue weighted by Gasteiger charge is -2.20. The number of fused-ring (bicyclic) bond motifs is 1. The molecule has 0 aromatic carbocycles. The lowest BCUT2D eigenvalue weighted by atomic mass is 9.92. The number of nitrogens with zero attached hydrogens (tertiary/aromatic N) is 1. The van der Waals surface area contributed by atoms with Gasteiger partial charge in [0.25, 0.3) is 0 Å². The van der Waals surface area contributed by atoms with E-state index in [1.807, 2.05) is 6.92 Å². The van der Waals surface area contributed by atoms with E-state index in [4.69, 9.17) is 5.73 Å². The average molecular weight is 162 g/mol. The first-order valence-electron chi connectivity index (χ1n) is 4.49. The number of nitrogens with two attached hydrogens (primary N) is 1. The van der Waals surface area contributed by atoms with Gasteiger partial charge in [0, 0.05) is 11.7 Å². The second kappa shape index (κ2) is 2.87. The van der Waals surface area contributed by atoms with E-state index >= 15 is 0 Å². The van der Waals surface area contributed by atoms with Gasteiger partial charge in [0.15, 0.2) is 0 Å². The molecule has 1 atom stereocenters. The van der Waals surface area contributed by atoms with Gasteiger partial charge in [-0.25, -0.2) is 0 Å². The van der Waals surface area contributed by atoms with Gasteiger partial charge in [0.2, 0.25) is 0 Å². The first kappa shape index (κ1) is 7.74. The Bertz CT molecular complexity index is 294. The maximum Gasteiger partial charge on any atom is 0.0606 e. The van der Waals surface area contributed by atoms with Gasteiger partial charge in [-0.05, 0) is 37.8 Å². The minimum Gasteiger partial charge on any atom is -0.323 e. The van der Waals surface area contributed by atoms with Crippen molar-refractivity contribution in [2.24, 2.45) is 5.73 Å². The Labute approximate surface area is 72.8 Å². The minimum absolute atomic E-state index is 0.175. The van der Waals surface area contributed by atoms with E-state index in [9.17, 15) is 0 Å². The van der Waals surface area contributed by atoms with E-state index in [-0.39, 0.29) is 6.04 Å². The van der Waals surface area contributed by atoms with Crippen LogP contribution in [0, 0.1) is 6.92 Å². The number of pyridine rings is 1. The van der Waals surface area contributed by atoms with E-state index in [1.54, 1.807) is 0 Å². The van der Waals surface area contributed by atoms with Crippen molar-refractivity contribution in [1.82, 2.24) is 4.98 Å². The van der Waals surface area contributed by atoms with Gasteiger partial charge in [-0.2, -0.15) is 0 Å². The Hall–Kier alpha value is -0.890. The monoisotopic (exact) mass is 162 g/mol. The molecule has 2 N–H and O–H groups in total. The third-order valence-corrected chi connectivity index (χ3v) is 2.46. The third kappa shape index (κ3) is 1.23. The molecule has 1 aromatic rings. The predicted octanol–water partition coefficient (Wildman–Crippen LogP) is 1.73. The summed E-state index contributed by atoms with van der Waals surface area (Å²) in [7, 11) is 0. The van der Waals surface area contributed by atoms with Crippen LogP contribution in [0.3, 0.4) is 0 Å². The van der Waals surface area contributed by atoms with E-state index in [0.29, 0.717) is 0 Å². The molecule has 0 spiro atoms. The summed E-state index contributed by atoms with van der Waals surface area (Å²) in [6.07, 6.45) is 3.44. The zero-order chi connectivity index (χ0) is 8.55. The van der Waals surface area contributed by atoms with Gasteiger partial charge >= 0.3 is 0 Å². The molecule has 0 saturated heterocycles. The molecule has 0 saturated carbocycles. The van der Waals surface area contributed by atoms with E-state index in [0.717, 1.165) is 24.2 Å². The zero-order valence-electron chi connectivity index (χ0n) is 7.38. The Kier molecular flexibility index (Phi) is 1.85. The standard InChI is InChI=1S/C10H14N2/c1-7-5-6-8-3-2-4-9(11)10(8)12-7/h5-6,9H,2-4,11H2,1H3/t9-/m0/s1. The van der Waals surface area contributed by atoms with Crippen molar-refractivity contribution in [2.75, 3.05) is 0 Å². The summed E-state index contributed by atoms with van der Waals surface area (Å²) in [6.45, 7) is 2.02. The molecule has 2 heteroatoms. The Balaban J connectivity index is 2.47. The summed E-state index contributed by atoms with van der Waals surface area (Å²) < 4.78 is 0. The molecule has 12 heavy (non-hydrogen) atoms. The summed E-state index contributed by atoms with van der Waals surface area (Å²) in [4.78, 5) is 4.47. The summed E-state index contributed by atoms with van der Waals surface area (Å²) in [5.41, 5.74) is 9.50. The van der Waals surface area contributed by atoms with Crippen molar-refractivity contribution in [1.29, 1.82) is 0 Å². The fourth-order valence-electron chi connectivity index (χ4n) is 1.79. The molecule has 1 aliphatic rings. The highest BCUT2D eigenvalue weighted by atomic mass is 14.8.